The molecule has 0 aliphatic heterocycles. The molecule has 80 valence electrons. The molecule has 0 aromatic carbocycles. The largest absolute Gasteiger partial charge is 0.148 e. The van der Waals surface area contributed by atoms with Crippen molar-refractivity contribution in [2.24, 2.45) is 0 Å². The Kier molecular flexibility index (Phi) is 8.48. The van der Waals surface area contributed by atoms with E-state index in [2.05, 4.69) is 26.4 Å². The minimum absolute atomic E-state index is 0.464. The van der Waals surface area contributed by atoms with E-state index in [1.54, 1.807) is 0 Å². The van der Waals surface area contributed by atoms with Crippen LogP contribution < -0.4 is 0 Å². The maximum atomic E-state index is 2.36. The number of unbranched alkanes of at least 4 members (excludes halogenated alkanes) is 4. The second-order valence-corrected chi connectivity index (χ2v) is 6.58. The van der Waals surface area contributed by atoms with Crippen molar-refractivity contribution in [1.29, 1.82) is 0 Å². The van der Waals surface area contributed by atoms with Gasteiger partial charge in [0.15, 0.2) is 0 Å². The molecule has 0 aliphatic rings. The quantitative estimate of drug-likeness (QED) is 0.426. The van der Waals surface area contributed by atoms with E-state index in [-0.39, 0.29) is 0 Å². The molecule has 0 fully saturated rings. The van der Waals surface area contributed by atoms with E-state index in [1.807, 2.05) is 23.5 Å². The maximum Gasteiger partial charge on any atom is 0.0577 e. The first-order valence-electron chi connectivity index (χ1n) is 5.29. The zero-order chi connectivity index (χ0) is 10.2. The van der Waals surface area contributed by atoms with Crippen LogP contribution in [0.1, 0.15) is 52.4 Å². The van der Waals surface area contributed by atoms with Crippen LogP contribution in [0.3, 0.4) is 0 Å². The standard InChI is InChI=1S/C11H24S2/c1-5-6-7-8-9-10-11(2,12-3)13-4/h5-10H2,1-4H3. The van der Waals surface area contributed by atoms with Crippen molar-refractivity contribution >= 4 is 23.5 Å². The average molecular weight is 220 g/mol. The van der Waals surface area contributed by atoms with Gasteiger partial charge in [0.25, 0.3) is 0 Å². The van der Waals surface area contributed by atoms with Crippen molar-refractivity contribution in [2.45, 2.75) is 56.5 Å². The van der Waals surface area contributed by atoms with Crippen LogP contribution in [0, 0.1) is 0 Å². The van der Waals surface area contributed by atoms with Gasteiger partial charge < -0.3 is 0 Å². The number of hydrogen-bond acceptors (Lipinski definition) is 2. The highest BCUT2D eigenvalue weighted by molar-refractivity contribution is 8.17. The molecular formula is C11H24S2. The molecule has 0 amide bonds. The maximum absolute atomic E-state index is 2.36. The summed E-state index contributed by atoms with van der Waals surface area (Å²) in [5.74, 6) is 0. The Morgan fingerprint density at radius 1 is 0.923 bits per heavy atom. The van der Waals surface area contributed by atoms with Gasteiger partial charge in [-0.1, -0.05) is 39.0 Å². The van der Waals surface area contributed by atoms with Crippen LogP contribution in [0.4, 0.5) is 0 Å². The molecule has 0 atom stereocenters. The van der Waals surface area contributed by atoms with E-state index in [4.69, 9.17) is 0 Å². The molecule has 0 rings (SSSR count). The average Bonchev–Trinajstić information content (AvgIpc) is 2.17. The van der Waals surface area contributed by atoms with E-state index >= 15 is 0 Å². The zero-order valence-electron chi connectivity index (χ0n) is 9.56. The second-order valence-electron chi connectivity index (χ2n) is 3.71. The fourth-order valence-electron chi connectivity index (χ4n) is 1.34. The van der Waals surface area contributed by atoms with Crippen LogP contribution in [0.15, 0.2) is 0 Å². The summed E-state index contributed by atoms with van der Waals surface area (Å²) >= 11 is 4.00. The van der Waals surface area contributed by atoms with Crippen molar-refractivity contribution in [2.75, 3.05) is 12.5 Å². The van der Waals surface area contributed by atoms with Crippen molar-refractivity contribution < 1.29 is 0 Å². The first kappa shape index (κ1) is 13.7. The molecule has 0 aromatic rings. The lowest BCUT2D eigenvalue weighted by Crippen LogP contribution is -2.13. The minimum atomic E-state index is 0.464. The van der Waals surface area contributed by atoms with Crippen molar-refractivity contribution in [1.82, 2.24) is 0 Å². The second kappa shape index (κ2) is 8.05. The summed E-state index contributed by atoms with van der Waals surface area (Å²) in [6, 6.07) is 0. The molecule has 0 N–H and O–H groups in total. The summed E-state index contributed by atoms with van der Waals surface area (Å²) in [7, 11) is 0. The topological polar surface area (TPSA) is 0 Å². The van der Waals surface area contributed by atoms with Gasteiger partial charge in [0.1, 0.15) is 0 Å². The number of rotatable bonds is 8. The monoisotopic (exact) mass is 220 g/mol. The summed E-state index contributed by atoms with van der Waals surface area (Å²) in [6.45, 7) is 4.63. The predicted molar refractivity (Wildman–Crippen MR) is 68.8 cm³/mol. The Morgan fingerprint density at radius 2 is 1.46 bits per heavy atom. The van der Waals surface area contributed by atoms with Crippen LogP contribution >= 0.6 is 23.5 Å². The third-order valence-electron chi connectivity index (χ3n) is 2.60. The third kappa shape index (κ3) is 6.73. The molecule has 0 unspecified atom stereocenters. The molecule has 0 spiro atoms. The van der Waals surface area contributed by atoms with Gasteiger partial charge in [0, 0.05) is 0 Å². The highest BCUT2D eigenvalue weighted by atomic mass is 32.2. The summed E-state index contributed by atoms with van der Waals surface area (Å²) in [6.07, 6.45) is 12.8. The van der Waals surface area contributed by atoms with Gasteiger partial charge in [0.05, 0.1) is 4.08 Å². The van der Waals surface area contributed by atoms with Gasteiger partial charge in [-0.05, 0) is 25.9 Å². The van der Waals surface area contributed by atoms with Gasteiger partial charge in [-0.25, -0.2) is 0 Å². The van der Waals surface area contributed by atoms with Crippen LogP contribution in [-0.4, -0.2) is 16.6 Å². The lowest BCUT2D eigenvalue weighted by atomic mass is 10.1. The van der Waals surface area contributed by atoms with Gasteiger partial charge >= 0.3 is 0 Å². The van der Waals surface area contributed by atoms with Gasteiger partial charge in [-0.3, -0.25) is 0 Å². The Hall–Kier alpha value is 0.700. The normalized spacial score (nSPS) is 12.0. The molecular weight excluding hydrogens is 196 g/mol. The SMILES string of the molecule is CCCCCCCC(C)(SC)SC. The summed E-state index contributed by atoms with van der Waals surface area (Å²) in [4.78, 5) is 0. The van der Waals surface area contributed by atoms with Gasteiger partial charge in [0.2, 0.25) is 0 Å². The minimum Gasteiger partial charge on any atom is -0.148 e. The molecule has 0 aromatic heterocycles. The highest BCUT2D eigenvalue weighted by Crippen LogP contribution is 2.37. The van der Waals surface area contributed by atoms with E-state index < -0.39 is 0 Å². The summed E-state index contributed by atoms with van der Waals surface area (Å²) in [5, 5.41) is 0. The Bertz CT molecular complexity index is 109. The molecule has 0 saturated heterocycles. The highest BCUT2D eigenvalue weighted by Gasteiger charge is 2.19. The molecule has 13 heavy (non-hydrogen) atoms. The van der Waals surface area contributed by atoms with E-state index in [9.17, 15) is 0 Å². The van der Waals surface area contributed by atoms with Crippen molar-refractivity contribution in [3.63, 3.8) is 0 Å². The number of thioether (sulfide) groups is 2. The lowest BCUT2D eigenvalue weighted by molar-refractivity contribution is 0.596. The molecule has 0 aliphatic carbocycles. The van der Waals surface area contributed by atoms with Crippen LogP contribution in [-0.2, 0) is 0 Å². The lowest BCUT2D eigenvalue weighted by Gasteiger charge is -2.24. The molecule has 0 radical (unpaired) electrons. The van der Waals surface area contributed by atoms with E-state index in [0.29, 0.717) is 4.08 Å². The molecule has 0 heterocycles. The predicted octanol–water partition coefficient (Wildman–Crippen LogP) is 4.79. The van der Waals surface area contributed by atoms with Gasteiger partial charge in [-0.15, -0.1) is 23.5 Å². The molecule has 2 heteroatoms. The smallest absolute Gasteiger partial charge is 0.0577 e. The fraction of sp³-hybridized carbons (Fsp3) is 1.00. The third-order valence-corrected chi connectivity index (χ3v) is 5.73. The van der Waals surface area contributed by atoms with Gasteiger partial charge in [-0.2, -0.15) is 0 Å². The Labute approximate surface area is 92.6 Å². The van der Waals surface area contributed by atoms with Crippen LogP contribution in [0.2, 0.25) is 0 Å². The molecule has 0 bridgehead atoms. The first-order chi connectivity index (χ1) is 6.18. The van der Waals surface area contributed by atoms with Crippen LogP contribution in [0.5, 0.6) is 0 Å². The van der Waals surface area contributed by atoms with E-state index in [0.717, 1.165) is 0 Å². The zero-order valence-corrected chi connectivity index (χ0v) is 11.2. The number of hydrogen-bond donors (Lipinski definition) is 0. The molecule has 0 nitrogen and oxygen atoms in total. The Morgan fingerprint density at radius 3 is 1.92 bits per heavy atom. The molecule has 0 saturated carbocycles. The van der Waals surface area contributed by atoms with E-state index in [1.165, 1.54) is 38.5 Å². The Balaban J connectivity index is 3.39. The summed E-state index contributed by atoms with van der Waals surface area (Å²) in [5.41, 5.74) is 0. The van der Waals surface area contributed by atoms with Crippen molar-refractivity contribution in [3.05, 3.63) is 0 Å². The first-order valence-corrected chi connectivity index (χ1v) is 7.73. The summed E-state index contributed by atoms with van der Waals surface area (Å²) < 4.78 is 0.464. The van der Waals surface area contributed by atoms with Crippen LogP contribution in [0.25, 0.3) is 0 Å². The van der Waals surface area contributed by atoms with Crippen molar-refractivity contribution in [3.8, 4) is 0 Å². The fourth-order valence-corrected chi connectivity index (χ4v) is 2.70.